The number of rotatable bonds is 4. The zero-order valence-electron chi connectivity index (χ0n) is 12.8. The maximum atomic E-state index is 6.13. The van der Waals surface area contributed by atoms with Gasteiger partial charge in [0, 0.05) is 17.8 Å². The molecule has 3 rings (SSSR count). The van der Waals surface area contributed by atoms with E-state index in [1.54, 1.807) is 7.11 Å². The number of ether oxygens (including phenoxy) is 1. The topological polar surface area (TPSA) is 38.6 Å². The number of hydrogen-bond donors (Lipinski definition) is 1. The Kier molecular flexibility index (Phi) is 3.94. The standard InChI is InChI=1S/C17H18ClN3O/c1-11(2)19-17-16(12-4-7-14(22-3)8-5-12)20-15-9-6-13(18)10-21(15)17/h4-11,19H,1-3H3. The molecule has 2 aromatic heterocycles. The second-order valence-corrected chi connectivity index (χ2v) is 5.85. The van der Waals surface area contributed by atoms with Crippen LogP contribution < -0.4 is 10.1 Å². The van der Waals surface area contributed by atoms with Gasteiger partial charge in [0.1, 0.15) is 22.9 Å². The summed E-state index contributed by atoms with van der Waals surface area (Å²) in [5.74, 6) is 1.77. The van der Waals surface area contributed by atoms with Crippen LogP contribution >= 0.6 is 11.6 Å². The molecule has 1 N–H and O–H groups in total. The van der Waals surface area contributed by atoms with Gasteiger partial charge in [0.15, 0.2) is 0 Å². The Hall–Kier alpha value is -2.20. The molecule has 4 nitrogen and oxygen atoms in total. The van der Waals surface area contributed by atoms with Gasteiger partial charge in [-0.05, 0) is 50.2 Å². The number of imidazole rings is 1. The lowest BCUT2D eigenvalue weighted by Gasteiger charge is -2.12. The van der Waals surface area contributed by atoms with Gasteiger partial charge in [0.2, 0.25) is 0 Å². The summed E-state index contributed by atoms with van der Waals surface area (Å²) < 4.78 is 7.20. The molecule has 5 heteroatoms. The van der Waals surface area contributed by atoms with Crippen molar-refractivity contribution in [2.45, 2.75) is 19.9 Å². The highest BCUT2D eigenvalue weighted by Crippen LogP contribution is 2.31. The number of halogens is 1. The van der Waals surface area contributed by atoms with E-state index in [0.29, 0.717) is 5.02 Å². The van der Waals surface area contributed by atoms with E-state index in [4.69, 9.17) is 21.3 Å². The van der Waals surface area contributed by atoms with Gasteiger partial charge in [0.25, 0.3) is 0 Å². The first-order valence-corrected chi connectivity index (χ1v) is 7.55. The quantitative estimate of drug-likeness (QED) is 0.771. The molecule has 0 spiro atoms. The van der Waals surface area contributed by atoms with Crippen molar-refractivity contribution < 1.29 is 4.74 Å². The Morgan fingerprint density at radius 3 is 2.50 bits per heavy atom. The third kappa shape index (κ3) is 2.74. The Bertz CT molecular complexity index is 794. The molecule has 22 heavy (non-hydrogen) atoms. The first kappa shape index (κ1) is 14.7. The minimum atomic E-state index is 0.288. The van der Waals surface area contributed by atoms with Crippen LogP contribution in [0.25, 0.3) is 16.9 Å². The molecule has 0 saturated carbocycles. The summed E-state index contributed by atoms with van der Waals surface area (Å²) >= 11 is 6.13. The Labute approximate surface area is 134 Å². The fourth-order valence-electron chi connectivity index (χ4n) is 2.38. The first-order chi connectivity index (χ1) is 10.6. The lowest BCUT2D eigenvalue weighted by Crippen LogP contribution is -2.12. The van der Waals surface area contributed by atoms with Gasteiger partial charge in [0.05, 0.1) is 12.1 Å². The van der Waals surface area contributed by atoms with Crippen molar-refractivity contribution in [3.63, 3.8) is 0 Å². The van der Waals surface area contributed by atoms with Crippen molar-refractivity contribution in [3.05, 3.63) is 47.6 Å². The van der Waals surface area contributed by atoms with E-state index in [0.717, 1.165) is 28.5 Å². The van der Waals surface area contributed by atoms with Crippen molar-refractivity contribution >= 4 is 23.1 Å². The maximum absolute atomic E-state index is 6.13. The van der Waals surface area contributed by atoms with Crippen LogP contribution in [0.4, 0.5) is 5.82 Å². The zero-order chi connectivity index (χ0) is 15.7. The summed E-state index contributed by atoms with van der Waals surface area (Å²) in [4.78, 5) is 4.73. The normalized spacial score (nSPS) is 11.1. The number of benzene rings is 1. The molecule has 3 aromatic rings. The van der Waals surface area contributed by atoms with Crippen LogP contribution in [-0.4, -0.2) is 22.5 Å². The van der Waals surface area contributed by atoms with E-state index in [2.05, 4.69) is 19.2 Å². The average Bonchev–Trinajstić information content (AvgIpc) is 2.85. The maximum Gasteiger partial charge on any atom is 0.139 e. The molecule has 0 radical (unpaired) electrons. The molecular weight excluding hydrogens is 298 g/mol. The van der Waals surface area contributed by atoms with E-state index in [1.807, 2.05) is 47.0 Å². The summed E-state index contributed by atoms with van der Waals surface area (Å²) in [6.45, 7) is 4.20. The van der Waals surface area contributed by atoms with Crippen LogP contribution in [0.3, 0.4) is 0 Å². The summed E-state index contributed by atoms with van der Waals surface area (Å²) in [6, 6.07) is 11.9. The summed E-state index contributed by atoms with van der Waals surface area (Å²) in [6.07, 6.45) is 1.88. The van der Waals surface area contributed by atoms with Crippen molar-refractivity contribution in [1.29, 1.82) is 0 Å². The molecular formula is C17H18ClN3O. The van der Waals surface area contributed by atoms with Crippen molar-refractivity contribution in [2.75, 3.05) is 12.4 Å². The molecule has 0 atom stereocenters. The van der Waals surface area contributed by atoms with Gasteiger partial charge in [-0.3, -0.25) is 4.40 Å². The second kappa shape index (κ2) is 5.89. The van der Waals surface area contributed by atoms with Crippen LogP contribution in [0.1, 0.15) is 13.8 Å². The van der Waals surface area contributed by atoms with E-state index >= 15 is 0 Å². The second-order valence-electron chi connectivity index (χ2n) is 5.41. The zero-order valence-corrected chi connectivity index (χ0v) is 13.6. The summed E-state index contributed by atoms with van der Waals surface area (Å²) in [5.41, 5.74) is 2.79. The minimum Gasteiger partial charge on any atom is -0.497 e. The largest absolute Gasteiger partial charge is 0.497 e. The predicted octanol–water partition coefficient (Wildman–Crippen LogP) is 4.48. The van der Waals surface area contributed by atoms with Crippen LogP contribution in [0, 0.1) is 0 Å². The third-order valence-electron chi connectivity index (χ3n) is 3.37. The highest BCUT2D eigenvalue weighted by Gasteiger charge is 2.15. The van der Waals surface area contributed by atoms with Gasteiger partial charge in [-0.15, -0.1) is 0 Å². The van der Waals surface area contributed by atoms with Gasteiger partial charge < -0.3 is 10.1 Å². The molecule has 0 aliphatic heterocycles. The van der Waals surface area contributed by atoms with Crippen molar-refractivity contribution in [3.8, 4) is 17.0 Å². The highest BCUT2D eigenvalue weighted by atomic mass is 35.5. The fourth-order valence-corrected chi connectivity index (χ4v) is 2.54. The number of hydrogen-bond acceptors (Lipinski definition) is 3. The van der Waals surface area contributed by atoms with Crippen LogP contribution in [-0.2, 0) is 0 Å². The highest BCUT2D eigenvalue weighted by molar-refractivity contribution is 6.30. The number of methoxy groups -OCH3 is 1. The van der Waals surface area contributed by atoms with Crippen molar-refractivity contribution in [1.82, 2.24) is 9.38 Å². The van der Waals surface area contributed by atoms with E-state index < -0.39 is 0 Å². The smallest absolute Gasteiger partial charge is 0.139 e. The molecule has 2 heterocycles. The van der Waals surface area contributed by atoms with Gasteiger partial charge in [-0.1, -0.05) is 11.6 Å². The van der Waals surface area contributed by atoms with E-state index in [1.165, 1.54) is 0 Å². The average molecular weight is 316 g/mol. The first-order valence-electron chi connectivity index (χ1n) is 7.17. The molecule has 1 aromatic carbocycles. The number of nitrogens with zero attached hydrogens (tertiary/aromatic N) is 2. The van der Waals surface area contributed by atoms with Gasteiger partial charge in [-0.2, -0.15) is 0 Å². The number of nitrogens with one attached hydrogen (secondary N) is 1. The fraction of sp³-hybridized carbons (Fsp3) is 0.235. The van der Waals surface area contributed by atoms with Gasteiger partial charge >= 0.3 is 0 Å². The van der Waals surface area contributed by atoms with Crippen LogP contribution in [0.2, 0.25) is 5.02 Å². The lowest BCUT2D eigenvalue weighted by molar-refractivity contribution is 0.415. The summed E-state index contributed by atoms with van der Waals surface area (Å²) in [5, 5.41) is 4.14. The monoisotopic (exact) mass is 315 g/mol. The van der Waals surface area contributed by atoms with Crippen molar-refractivity contribution in [2.24, 2.45) is 0 Å². The molecule has 0 bridgehead atoms. The number of pyridine rings is 1. The molecule has 0 fully saturated rings. The third-order valence-corrected chi connectivity index (χ3v) is 3.59. The molecule has 0 aliphatic carbocycles. The molecule has 0 aliphatic rings. The molecule has 0 unspecified atom stereocenters. The number of fused-ring (bicyclic) bond motifs is 1. The van der Waals surface area contributed by atoms with E-state index in [-0.39, 0.29) is 6.04 Å². The Morgan fingerprint density at radius 2 is 1.86 bits per heavy atom. The number of anilines is 1. The summed E-state index contributed by atoms with van der Waals surface area (Å²) in [7, 11) is 1.66. The molecule has 0 saturated heterocycles. The lowest BCUT2D eigenvalue weighted by atomic mass is 10.1. The van der Waals surface area contributed by atoms with Crippen LogP contribution in [0.5, 0.6) is 5.75 Å². The predicted molar refractivity (Wildman–Crippen MR) is 90.9 cm³/mol. The molecule has 0 amide bonds. The minimum absolute atomic E-state index is 0.288. The Balaban J connectivity index is 2.18. The molecule has 114 valence electrons. The van der Waals surface area contributed by atoms with Crippen LogP contribution in [0.15, 0.2) is 42.6 Å². The SMILES string of the molecule is COc1ccc(-c2nc3ccc(Cl)cn3c2NC(C)C)cc1. The number of aromatic nitrogens is 2. The van der Waals surface area contributed by atoms with E-state index in [9.17, 15) is 0 Å². The van der Waals surface area contributed by atoms with Gasteiger partial charge in [-0.25, -0.2) is 4.98 Å². The Morgan fingerprint density at radius 1 is 1.14 bits per heavy atom.